The lowest BCUT2D eigenvalue weighted by Crippen LogP contribution is -2.40. The zero-order valence-electron chi connectivity index (χ0n) is 16.3. The van der Waals surface area contributed by atoms with Gasteiger partial charge in [0, 0.05) is 25.1 Å². The summed E-state index contributed by atoms with van der Waals surface area (Å²) in [6, 6.07) is -0.423. The van der Waals surface area contributed by atoms with Crippen molar-refractivity contribution < 1.29 is 34.1 Å². The van der Waals surface area contributed by atoms with Gasteiger partial charge in [0.05, 0.1) is 31.9 Å². The molecular formula is C18H28N4O7. The van der Waals surface area contributed by atoms with Gasteiger partial charge in [0.1, 0.15) is 0 Å². The highest BCUT2D eigenvalue weighted by Crippen LogP contribution is 2.26. The van der Waals surface area contributed by atoms with Crippen LogP contribution in [-0.2, 0) is 30.3 Å². The van der Waals surface area contributed by atoms with Crippen LogP contribution >= 0.6 is 0 Å². The van der Waals surface area contributed by atoms with Crippen molar-refractivity contribution in [2.45, 2.75) is 50.7 Å². The van der Waals surface area contributed by atoms with Crippen LogP contribution in [0.2, 0.25) is 0 Å². The molecule has 29 heavy (non-hydrogen) atoms. The highest BCUT2D eigenvalue weighted by atomic mass is 16.5. The Labute approximate surface area is 168 Å². The third-order valence-corrected chi connectivity index (χ3v) is 4.53. The first-order valence-corrected chi connectivity index (χ1v) is 9.28. The molecule has 3 atom stereocenters. The van der Waals surface area contributed by atoms with Crippen LogP contribution in [0.1, 0.15) is 37.7 Å². The maximum absolute atomic E-state index is 12.1. The number of aryl methyl sites for hydroxylation is 1. The number of aromatic nitrogens is 2. The van der Waals surface area contributed by atoms with Gasteiger partial charge in [-0.1, -0.05) is 0 Å². The van der Waals surface area contributed by atoms with Gasteiger partial charge in [-0.3, -0.25) is 24.3 Å². The largest absolute Gasteiger partial charge is 0.483 e. The molecule has 0 saturated heterocycles. The van der Waals surface area contributed by atoms with Crippen molar-refractivity contribution in [3.63, 3.8) is 0 Å². The molecule has 0 radical (unpaired) electrons. The zero-order chi connectivity index (χ0) is 21.6. The number of carbonyl (C=O) groups excluding carboxylic acids is 3. The molecule has 1 aromatic rings. The van der Waals surface area contributed by atoms with Crippen LogP contribution in [0.15, 0.2) is 12.4 Å². The van der Waals surface area contributed by atoms with Gasteiger partial charge in [-0.2, -0.15) is 5.10 Å². The summed E-state index contributed by atoms with van der Waals surface area (Å²) in [7, 11) is 1.29. The number of methoxy groups -OCH3 is 1. The second-order valence-corrected chi connectivity index (χ2v) is 6.59. The van der Waals surface area contributed by atoms with Crippen LogP contribution in [0, 0.1) is 5.92 Å². The molecule has 1 heterocycles. The van der Waals surface area contributed by atoms with E-state index in [1.807, 2.05) is 0 Å². The van der Waals surface area contributed by atoms with Crippen LogP contribution in [-0.4, -0.2) is 70.5 Å². The van der Waals surface area contributed by atoms with Crippen LogP contribution in [0.4, 0.5) is 0 Å². The molecule has 1 aliphatic rings. The molecule has 1 aliphatic carbocycles. The van der Waals surface area contributed by atoms with E-state index >= 15 is 0 Å². The molecule has 11 nitrogen and oxygen atoms in total. The molecule has 0 unspecified atom stereocenters. The van der Waals surface area contributed by atoms with Gasteiger partial charge in [0.15, 0.2) is 0 Å². The number of nitrogens with one attached hydrogen (secondary N) is 3. The van der Waals surface area contributed by atoms with Crippen molar-refractivity contribution in [1.82, 2.24) is 20.8 Å². The molecule has 1 saturated carbocycles. The molecule has 5 N–H and O–H groups in total. The van der Waals surface area contributed by atoms with Crippen LogP contribution in [0.3, 0.4) is 0 Å². The minimum Gasteiger partial charge on any atom is -0.483 e. The van der Waals surface area contributed by atoms with E-state index < -0.39 is 18.1 Å². The van der Waals surface area contributed by atoms with Crippen molar-refractivity contribution >= 4 is 24.3 Å². The van der Waals surface area contributed by atoms with Crippen molar-refractivity contribution in [3.05, 3.63) is 18.0 Å². The fourth-order valence-electron chi connectivity index (χ4n) is 3.07. The molecule has 1 fully saturated rings. The summed E-state index contributed by atoms with van der Waals surface area (Å²) in [5.74, 6) is -1.12. The Morgan fingerprint density at radius 2 is 2.07 bits per heavy atom. The second-order valence-electron chi connectivity index (χ2n) is 6.59. The Balaban J connectivity index is 0.00000132. The summed E-state index contributed by atoms with van der Waals surface area (Å²) in [6.07, 6.45) is 5.35. The minimum atomic E-state index is -0.746. The molecule has 0 bridgehead atoms. The molecule has 162 valence electrons. The second kappa shape index (κ2) is 13.3. The Bertz CT molecular complexity index is 651. The van der Waals surface area contributed by atoms with Crippen molar-refractivity contribution in [3.8, 4) is 0 Å². The van der Waals surface area contributed by atoms with Crippen LogP contribution in [0.25, 0.3) is 0 Å². The predicted molar refractivity (Wildman–Crippen MR) is 101 cm³/mol. The Morgan fingerprint density at radius 1 is 1.34 bits per heavy atom. The van der Waals surface area contributed by atoms with Gasteiger partial charge in [0.25, 0.3) is 6.47 Å². The molecule has 0 aliphatic heterocycles. The fourth-order valence-corrected chi connectivity index (χ4v) is 3.07. The quantitative estimate of drug-likeness (QED) is 0.263. The molecule has 11 heteroatoms. The number of esters is 1. The standard InChI is InChI=1S/C17H26N4O5.CH2O2/c1-26-16(24)5-6-18-17(25)12-7-13(14(22)8-12)21-15(23)4-2-3-11-9-19-20-10-11;2-1-3/h9-10,12-14,22H,2-8H2,1H3,(H,18,25)(H,19,20)(H,21,23);1H,(H,2,3)/t12-,13+,14+;/m0./s1. The fraction of sp³-hybridized carbons (Fsp3) is 0.611. The van der Waals surface area contributed by atoms with Gasteiger partial charge < -0.3 is 25.6 Å². The van der Waals surface area contributed by atoms with Crippen molar-refractivity contribution in [2.75, 3.05) is 13.7 Å². The normalized spacial score (nSPS) is 20.1. The predicted octanol–water partition coefficient (Wildman–Crippen LogP) is -0.632. The molecule has 2 amide bonds. The Morgan fingerprint density at radius 3 is 2.69 bits per heavy atom. The van der Waals surface area contributed by atoms with E-state index in [9.17, 15) is 19.5 Å². The number of hydrogen-bond acceptors (Lipinski definition) is 7. The lowest BCUT2D eigenvalue weighted by molar-refractivity contribution is -0.140. The maximum atomic E-state index is 12.1. The summed E-state index contributed by atoms with van der Waals surface area (Å²) in [4.78, 5) is 43.5. The van der Waals surface area contributed by atoms with E-state index in [1.165, 1.54) is 7.11 Å². The van der Waals surface area contributed by atoms with Crippen LogP contribution < -0.4 is 10.6 Å². The van der Waals surface area contributed by atoms with Crippen molar-refractivity contribution in [1.29, 1.82) is 0 Å². The molecule has 1 aromatic heterocycles. The SMILES string of the molecule is COC(=O)CCNC(=O)[C@@H]1C[C@@H](O)[C@H](NC(=O)CCCc2cn[nH]c2)C1.O=CO. The number of carboxylic acid groups (broad SMARTS) is 1. The number of rotatable bonds is 9. The van der Waals surface area contributed by atoms with Crippen LogP contribution in [0.5, 0.6) is 0 Å². The summed E-state index contributed by atoms with van der Waals surface area (Å²) in [5, 5.41) is 29.0. The zero-order valence-corrected chi connectivity index (χ0v) is 16.3. The topological polar surface area (TPSA) is 171 Å². The number of nitrogens with zero attached hydrogens (tertiary/aromatic N) is 1. The van der Waals surface area contributed by atoms with Gasteiger partial charge in [-0.05, 0) is 31.2 Å². The molecular weight excluding hydrogens is 384 g/mol. The average molecular weight is 412 g/mol. The first-order valence-electron chi connectivity index (χ1n) is 9.28. The summed E-state index contributed by atoms with van der Waals surface area (Å²) < 4.78 is 4.51. The summed E-state index contributed by atoms with van der Waals surface area (Å²) >= 11 is 0. The maximum Gasteiger partial charge on any atom is 0.307 e. The number of H-pyrrole nitrogens is 1. The first-order chi connectivity index (χ1) is 13.9. The van der Waals surface area contributed by atoms with Crippen molar-refractivity contribution in [2.24, 2.45) is 5.92 Å². The number of carbonyl (C=O) groups is 4. The van der Waals surface area contributed by atoms with Gasteiger partial charge >= 0.3 is 5.97 Å². The average Bonchev–Trinajstić information content (AvgIpc) is 3.32. The van der Waals surface area contributed by atoms with E-state index in [1.54, 1.807) is 12.4 Å². The number of aliphatic hydroxyl groups is 1. The van der Waals surface area contributed by atoms with E-state index in [-0.39, 0.29) is 37.2 Å². The third kappa shape index (κ3) is 9.19. The minimum absolute atomic E-state index is 0.105. The van der Waals surface area contributed by atoms with E-state index in [0.717, 1.165) is 12.0 Å². The summed E-state index contributed by atoms with van der Waals surface area (Å²) in [6.45, 7) is -0.0524. The number of aromatic amines is 1. The van der Waals surface area contributed by atoms with E-state index in [2.05, 4.69) is 25.6 Å². The molecule has 0 aromatic carbocycles. The van der Waals surface area contributed by atoms with Gasteiger partial charge in [0.2, 0.25) is 11.8 Å². The Hall–Kier alpha value is -2.95. The smallest absolute Gasteiger partial charge is 0.307 e. The lowest BCUT2D eigenvalue weighted by atomic mass is 10.1. The number of hydrogen-bond donors (Lipinski definition) is 5. The lowest BCUT2D eigenvalue weighted by Gasteiger charge is -2.16. The van der Waals surface area contributed by atoms with E-state index in [4.69, 9.17) is 9.90 Å². The number of amides is 2. The molecule has 2 rings (SSSR count). The number of aliphatic hydroxyl groups excluding tert-OH is 1. The molecule has 0 spiro atoms. The number of ether oxygens (including phenoxy) is 1. The Kier molecular flexibility index (Phi) is 11.0. The van der Waals surface area contributed by atoms with Gasteiger partial charge in [-0.25, -0.2) is 0 Å². The third-order valence-electron chi connectivity index (χ3n) is 4.53. The summed E-state index contributed by atoms with van der Waals surface area (Å²) in [5.41, 5.74) is 1.04. The monoisotopic (exact) mass is 412 g/mol. The highest BCUT2D eigenvalue weighted by molar-refractivity contribution is 5.80. The highest BCUT2D eigenvalue weighted by Gasteiger charge is 2.37. The van der Waals surface area contributed by atoms with E-state index in [0.29, 0.717) is 25.7 Å². The van der Waals surface area contributed by atoms with Gasteiger partial charge in [-0.15, -0.1) is 0 Å². The first kappa shape index (κ1) is 24.1.